The normalized spacial score (nSPS) is 22.4. The van der Waals surface area contributed by atoms with Crippen molar-refractivity contribution in [3.05, 3.63) is 18.0 Å². The highest BCUT2D eigenvalue weighted by Gasteiger charge is 2.26. The quantitative estimate of drug-likeness (QED) is 0.589. The highest BCUT2D eigenvalue weighted by molar-refractivity contribution is 5.95. The Morgan fingerprint density at radius 3 is 2.89 bits per heavy atom. The monoisotopic (exact) mass is 266 g/mol. The van der Waals surface area contributed by atoms with Gasteiger partial charge in [-0.2, -0.15) is 0 Å². The lowest BCUT2D eigenvalue weighted by atomic mass is 10.0. The summed E-state index contributed by atoms with van der Waals surface area (Å²) in [6.07, 6.45) is 2.79. The van der Waals surface area contributed by atoms with Gasteiger partial charge in [-0.1, -0.05) is 0 Å². The molecule has 2 atom stereocenters. The summed E-state index contributed by atoms with van der Waals surface area (Å²) in [5.41, 5.74) is 11.4. The lowest BCUT2D eigenvalue weighted by Gasteiger charge is -2.07. The fourth-order valence-electron chi connectivity index (χ4n) is 2.17. The Balaban J connectivity index is 1.82. The van der Waals surface area contributed by atoms with E-state index in [9.17, 15) is 9.59 Å². The van der Waals surface area contributed by atoms with Crippen LogP contribution in [0.1, 0.15) is 23.3 Å². The largest absolute Gasteiger partial charge is 0.377 e. The van der Waals surface area contributed by atoms with E-state index in [2.05, 4.69) is 10.3 Å². The maximum absolute atomic E-state index is 11.8. The standard InChI is InChI=1S/C12H18N4O3/c13-4-9-1-7(6-19-9)2-11(17)16-8-3-10(12(14)18)15-5-8/h3,5,7,9,15H,1-2,4,6,13H2,(H2,14,18)(H,16,17). The Kier molecular flexibility index (Phi) is 4.18. The average Bonchev–Trinajstić information content (AvgIpc) is 2.98. The van der Waals surface area contributed by atoms with E-state index in [4.69, 9.17) is 16.2 Å². The van der Waals surface area contributed by atoms with E-state index >= 15 is 0 Å². The van der Waals surface area contributed by atoms with Crippen LogP contribution in [0.3, 0.4) is 0 Å². The lowest BCUT2D eigenvalue weighted by molar-refractivity contribution is -0.117. The number of amides is 2. The van der Waals surface area contributed by atoms with Gasteiger partial charge in [-0.25, -0.2) is 0 Å². The van der Waals surface area contributed by atoms with Crippen molar-refractivity contribution in [3.8, 4) is 0 Å². The van der Waals surface area contributed by atoms with Gasteiger partial charge >= 0.3 is 0 Å². The average molecular weight is 266 g/mol. The second-order valence-electron chi connectivity index (χ2n) is 4.71. The predicted octanol–water partition coefficient (Wildman–Crippen LogP) is -0.194. The number of carbonyl (C=O) groups is 2. The van der Waals surface area contributed by atoms with Gasteiger partial charge in [-0.3, -0.25) is 9.59 Å². The third-order valence-electron chi connectivity index (χ3n) is 3.13. The number of aromatic nitrogens is 1. The van der Waals surface area contributed by atoms with Gasteiger partial charge in [0.05, 0.1) is 18.4 Å². The third-order valence-corrected chi connectivity index (χ3v) is 3.13. The molecule has 19 heavy (non-hydrogen) atoms. The Morgan fingerprint density at radius 2 is 2.32 bits per heavy atom. The number of primary amides is 1. The van der Waals surface area contributed by atoms with Crippen molar-refractivity contribution >= 4 is 17.5 Å². The van der Waals surface area contributed by atoms with Gasteiger partial charge in [0.1, 0.15) is 5.69 Å². The number of carbonyl (C=O) groups excluding carboxylic acids is 2. The molecule has 1 aromatic heterocycles. The van der Waals surface area contributed by atoms with Gasteiger partial charge < -0.3 is 26.5 Å². The molecule has 7 nitrogen and oxygen atoms in total. The summed E-state index contributed by atoms with van der Waals surface area (Å²) in [5.74, 6) is -0.472. The van der Waals surface area contributed by atoms with Gasteiger partial charge in [0.25, 0.3) is 5.91 Å². The van der Waals surface area contributed by atoms with Crippen molar-refractivity contribution in [2.45, 2.75) is 18.9 Å². The van der Waals surface area contributed by atoms with Crippen molar-refractivity contribution in [1.29, 1.82) is 0 Å². The zero-order chi connectivity index (χ0) is 13.8. The molecule has 1 fully saturated rings. The summed E-state index contributed by atoms with van der Waals surface area (Å²) in [4.78, 5) is 25.4. The minimum atomic E-state index is -0.560. The first-order valence-electron chi connectivity index (χ1n) is 6.18. The van der Waals surface area contributed by atoms with Crippen molar-refractivity contribution in [1.82, 2.24) is 4.98 Å². The molecule has 104 valence electrons. The zero-order valence-electron chi connectivity index (χ0n) is 10.5. The second-order valence-corrected chi connectivity index (χ2v) is 4.71. The first-order chi connectivity index (χ1) is 9.08. The van der Waals surface area contributed by atoms with E-state index in [0.717, 1.165) is 6.42 Å². The number of anilines is 1. The molecule has 1 aliphatic heterocycles. The molecule has 2 heterocycles. The predicted molar refractivity (Wildman–Crippen MR) is 69.5 cm³/mol. The summed E-state index contributed by atoms with van der Waals surface area (Å²) in [5, 5.41) is 2.71. The Hall–Kier alpha value is -1.86. The van der Waals surface area contributed by atoms with Gasteiger partial charge in [-0.15, -0.1) is 0 Å². The van der Waals surface area contributed by atoms with Crippen LogP contribution in [0, 0.1) is 5.92 Å². The minimum Gasteiger partial charge on any atom is -0.377 e. The lowest BCUT2D eigenvalue weighted by Crippen LogP contribution is -2.19. The topological polar surface area (TPSA) is 123 Å². The van der Waals surface area contributed by atoms with Crippen LogP contribution in [-0.2, 0) is 9.53 Å². The fourth-order valence-corrected chi connectivity index (χ4v) is 2.17. The van der Waals surface area contributed by atoms with E-state index in [-0.39, 0.29) is 23.6 Å². The second kappa shape index (κ2) is 5.85. The summed E-state index contributed by atoms with van der Waals surface area (Å²) in [6.45, 7) is 1.05. The number of nitrogens with one attached hydrogen (secondary N) is 2. The third kappa shape index (κ3) is 3.55. The molecule has 0 aromatic carbocycles. The summed E-state index contributed by atoms with van der Waals surface area (Å²) in [6, 6.07) is 1.51. The number of rotatable bonds is 5. The van der Waals surface area contributed by atoms with Gasteiger partial charge in [0.15, 0.2) is 0 Å². The molecule has 0 spiro atoms. The van der Waals surface area contributed by atoms with Crippen LogP contribution in [-0.4, -0.2) is 36.1 Å². The summed E-state index contributed by atoms with van der Waals surface area (Å²) < 4.78 is 5.43. The number of H-pyrrole nitrogens is 1. The van der Waals surface area contributed by atoms with Crippen LogP contribution >= 0.6 is 0 Å². The highest BCUT2D eigenvalue weighted by atomic mass is 16.5. The first-order valence-corrected chi connectivity index (χ1v) is 6.18. The van der Waals surface area contributed by atoms with E-state index in [1.807, 2.05) is 0 Å². The fraction of sp³-hybridized carbons (Fsp3) is 0.500. The molecule has 0 saturated carbocycles. The molecule has 7 heteroatoms. The Morgan fingerprint density at radius 1 is 1.53 bits per heavy atom. The Labute approximate surface area is 110 Å². The number of ether oxygens (including phenoxy) is 1. The van der Waals surface area contributed by atoms with Crippen LogP contribution in [0.2, 0.25) is 0 Å². The number of hydrogen-bond donors (Lipinski definition) is 4. The summed E-state index contributed by atoms with van der Waals surface area (Å²) >= 11 is 0. The smallest absolute Gasteiger partial charge is 0.265 e. The van der Waals surface area contributed by atoms with Gasteiger partial charge in [-0.05, 0) is 18.4 Å². The van der Waals surface area contributed by atoms with Crippen molar-refractivity contribution in [2.24, 2.45) is 17.4 Å². The molecule has 2 unspecified atom stereocenters. The van der Waals surface area contributed by atoms with E-state index < -0.39 is 5.91 Å². The molecule has 2 rings (SSSR count). The maximum Gasteiger partial charge on any atom is 0.265 e. The van der Waals surface area contributed by atoms with Crippen LogP contribution in [0.15, 0.2) is 12.3 Å². The highest BCUT2D eigenvalue weighted by Crippen LogP contribution is 2.22. The summed E-state index contributed by atoms with van der Waals surface area (Å²) in [7, 11) is 0. The molecule has 0 aliphatic carbocycles. The number of nitrogens with two attached hydrogens (primary N) is 2. The first kappa shape index (κ1) is 13.6. The molecule has 1 aliphatic rings. The van der Waals surface area contributed by atoms with Gasteiger partial charge in [0, 0.05) is 19.2 Å². The molecule has 2 amide bonds. The molecular formula is C12H18N4O3. The van der Waals surface area contributed by atoms with Crippen LogP contribution < -0.4 is 16.8 Å². The van der Waals surface area contributed by atoms with Crippen molar-refractivity contribution in [3.63, 3.8) is 0 Å². The zero-order valence-corrected chi connectivity index (χ0v) is 10.5. The van der Waals surface area contributed by atoms with Crippen molar-refractivity contribution in [2.75, 3.05) is 18.5 Å². The Bertz CT molecular complexity index is 471. The molecular weight excluding hydrogens is 248 g/mol. The van der Waals surface area contributed by atoms with Crippen LogP contribution in [0.25, 0.3) is 0 Å². The van der Waals surface area contributed by atoms with Crippen molar-refractivity contribution < 1.29 is 14.3 Å². The minimum absolute atomic E-state index is 0.0616. The van der Waals surface area contributed by atoms with E-state index in [0.29, 0.717) is 25.3 Å². The molecule has 0 bridgehead atoms. The molecule has 6 N–H and O–H groups in total. The van der Waals surface area contributed by atoms with Crippen LogP contribution in [0.4, 0.5) is 5.69 Å². The SMILES string of the molecule is NCC1CC(CC(=O)Nc2c[nH]c(C(N)=O)c2)CO1. The maximum atomic E-state index is 11.8. The number of hydrogen-bond acceptors (Lipinski definition) is 4. The number of aromatic amines is 1. The van der Waals surface area contributed by atoms with Crippen LogP contribution in [0.5, 0.6) is 0 Å². The molecule has 1 aromatic rings. The van der Waals surface area contributed by atoms with E-state index in [1.54, 1.807) is 0 Å². The molecule has 0 radical (unpaired) electrons. The van der Waals surface area contributed by atoms with Gasteiger partial charge in [0.2, 0.25) is 5.91 Å². The van der Waals surface area contributed by atoms with E-state index in [1.165, 1.54) is 12.3 Å². The molecule has 1 saturated heterocycles.